The first-order valence-electron chi connectivity index (χ1n) is 9.88. The number of H-pyrrole nitrogens is 1. The van der Waals surface area contributed by atoms with Gasteiger partial charge in [-0.05, 0) is 74.8 Å². The number of aryl methyl sites for hydroxylation is 1. The highest BCUT2D eigenvalue weighted by molar-refractivity contribution is 7.71. The van der Waals surface area contributed by atoms with Crippen molar-refractivity contribution in [2.45, 2.75) is 39.3 Å². The van der Waals surface area contributed by atoms with E-state index in [2.05, 4.69) is 24.0 Å². The molecule has 1 N–H and O–H groups in total. The molecule has 0 aliphatic carbocycles. The highest BCUT2D eigenvalue weighted by Gasteiger charge is 2.30. The Kier molecular flexibility index (Phi) is 5.22. The number of hydrogen-bond donors (Lipinski definition) is 1. The lowest BCUT2D eigenvalue weighted by molar-refractivity contribution is 0.0736. The van der Waals surface area contributed by atoms with Crippen LogP contribution >= 0.6 is 12.2 Å². The van der Waals surface area contributed by atoms with Crippen molar-refractivity contribution in [1.29, 1.82) is 0 Å². The molecule has 0 bridgehead atoms. The number of carbonyl (C=O) groups is 1. The summed E-state index contributed by atoms with van der Waals surface area (Å²) in [7, 11) is 0. The molecule has 1 fully saturated rings. The number of rotatable bonds is 5. The predicted octanol–water partition coefficient (Wildman–Crippen LogP) is 5.09. The van der Waals surface area contributed by atoms with Crippen molar-refractivity contribution in [3.05, 3.63) is 58.4 Å². The summed E-state index contributed by atoms with van der Waals surface area (Å²) >= 11 is 5.38. The summed E-state index contributed by atoms with van der Waals surface area (Å²) in [6.07, 6.45) is 2.00. The number of carbonyl (C=O) groups excluding carboxylic acids is 1. The summed E-state index contributed by atoms with van der Waals surface area (Å²) in [5, 5.41) is 0. The first-order chi connectivity index (χ1) is 13.6. The fourth-order valence-electron chi connectivity index (χ4n) is 4.09. The molecular formula is C22H25N3O2S. The van der Waals surface area contributed by atoms with Crippen LogP contribution in [0.25, 0.3) is 11.0 Å². The molecule has 1 atom stereocenters. The van der Waals surface area contributed by atoms with Crippen molar-refractivity contribution in [3.63, 3.8) is 0 Å². The van der Waals surface area contributed by atoms with Crippen molar-refractivity contribution in [3.8, 4) is 5.75 Å². The lowest BCUT2D eigenvalue weighted by atomic mass is 10.0. The summed E-state index contributed by atoms with van der Waals surface area (Å²) in [6.45, 7) is 6.27. The molecule has 4 rings (SSSR count). The van der Waals surface area contributed by atoms with Crippen LogP contribution in [0.2, 0.25) is 0 Å². The van der Waals surface area contributed by atoms with Crippen LogP contribution in [-0.4, -0.2) is 33.5 Å². The van der Waals surface area contributed by atoms with Gasteiger partial charge in [-0.3, -0.25) is 4.79 Å². The predicted molar refractivity (Wildman–Crippen MR) is 113 cm³/mol. The normalized spacial score (nSPS) is 16.6. The summed E-state index contributed by atoms with van der Waals surface area (Å²) < 4.78 is 8.26. The van der Waals surface area contributed by atoms with Gasteiger partial charge in [-0.1, -0.05) is 12.1 Å². The molecule has 2 aromatic carbocycles. The molecule has 5 nitrogen and oxygen atoms in total. The Bertz CT molecular complexity index is 1050. The number of ether oxygens (including phenoxy) is 1. The van der Waals surface area contributed by atoms with Gasteiger partial charge in [-0.25, -0.2) is 0 Å². The number of imidazole rings is 1. The monoisotopic (exact) mass is 395 g/mol. The smallest absolute Gasteiger partial charge is 0.254 e. The molecular weight excluding hydrogens is 370 g/mol. The van der Waals surface area contributed by atoms with E-state index in [1.807, 2.05) is 46.7 Å². The molecule has 1 unspecified atom stereocenters. The number of hydrogen-bond acceptors (Lipinski definition) is 3. The summed E-state index contributed by atoms with van der Waals surface area (Å²) in [6, 6.07) is 14.0. The first-order valence-corrected chi connectivity index (χ1v) is 10.3. The van der Waals surface area contributed by atoms with E-state index in [1.165, 1.54) is 0 Å². The molecule has 146 valence electrons. The van der Waals surface area contributed by atoms with Crippen LogP contribution in [0.1, 0.15) is 48.7 Å². The van der Waals surface area contributed by atoms with Crippen molar-refractivity contribution in [1.82, 2.24) is 14.5 Å². The van der Waals surface area contributed by atoms with Gasteiger partial charge in [0.25, 0.3) is 5.91 Å². The van der Waals surface area contributed by atoms with Gasteiger partial charge in [0.1, 0.15) is 5.75 Å². The third-order valence-electron chi connectivity index (χ3n) is 5.43. The van der Waals surface area contributed by atoms with E-state index in [-0.39, 0.29) is 11.9 Å². The number of likely N-dealkylation sites (tertiary alicyclic amines) is 1. The highest BCUT2D eigenvalue weighted by Crippen LogP contribution is 2.34. The Balaban J connectivity index is 1.61. The molecule has 0 saturated carbocycles. The van der Waals surface area contributed by atoms with Crippen molar-refractivity contribution in [2.75, 3.05) is 13.2 Å². The second kappa shape index (κ2) is 7.80. The molecule has 0 radical (unpaired) electrons. The average molecular weight is 396 g/mol. The molecule has 1 saturated heterocycles. The van der Waals surface area contributed by atoms with E-state index in [1.54, 1.807) is 0 Å². The van der Waals surface area contributed by atoms with E-state index >= 15 is 0 Å². The lowest BCUT2D eigenvalue weighted by Gasteiger charge is -2.25. The standard InChI is InChI=1S/C22H25N3O2S/c1-3-24-20-12-9-16(14-18(20)23-22(24)28)21(26)25-13-5-6-19(25)15-7-10-17(11-8-15)27-4-2/h7-12,14,19H,3-6,13H2,1-2H3,(H,23,28). The van der Waals surface area contributed by atoms with E-state index in [9.17, 15) is 4.79 Å². The number of aromatic amines is 1. The van der Waals surface area contributed by atoms with Gasteiger partial charge in [0, 0.05) is 18.7 Å². The van der Waals surface area contributed by atoms with Gasteiger partial charge in [-0.15, -0.1) is 0 Å². The Morgan fingerprint density at radius 3 is 2.71 bits per heavy atom. The Morgan fingerprint density at radius 2 is 2.00 bits per heavy atom. The maximum atomic E-state index is 13.3. The lowest BCUT2D eigenvalue weighted by Crippen LogP contribution is -2.30. The second-order valence-electron chi connectivity index (χ2n) is 7.06. The number of nitrogens with zero attached hydrogens (tertiary/aromatic N) is 2. The molecule has 1 aromatic heterocycles. The summed E-state index contributed by atoms with van der Waals surface area (Å²) in [5.41, 5.74) is 3.81. The van der Waals surface area contributed by atoms with Crippen LogP contribution in [0.5, 0.6) is 5.75 Å². The highest BCUT2D eigenvalue weighted by atomic mass is 32.1. The van der Waals surface area contributed by atoms with Gasteiger partial charge >= 0.3 is 0 Å². The minimum atomic E-state index is 0.0712. The van der Waals surface area contributed by atoms with E-state index in [4.69, 9.17) is 17.0 Å². The van der Waals surface area contributed by atoms with Crippen molar-refractivity contribution < 1.29 is 9.53 Å². The minimum absolute atomic E-state index is 0.0712. The molecule has 3 aromatic rings. The quantitative estimate of drug-likeness (QED) is 0.612. The largest absolute Gasteiger partial charge is 0.494 e. The van der Waals surface area contributed by atoms with Crippen LogP contribution < -0.4 is 4.74 Å². The van der Waals surface area contributed by atoms with Gasteiger partial charge in [0.05, 0.1) is 23.7 Å². The first kappa shape index (κ1) is 18.7. The van der Waals surface area contributed by atoms with E-state index in [0.717, 1.165) is 48.3 Å². The summed E-state index contributed by atoms with van der Waals surface area (Å²) in [5.74, 6) is 0.935. The molecule has 1 amide bonds. The minimum Gasteiger partial charge on any atom is -0.494 e. The zero-order valence-electron chi connectivity index (χ0n) is 16.3. The van der Waals surface area contributed by atoms with E-state index < -0.39 is 0 Å². The molecule has 1 aliphatic rings. The van der Waals surface area contributed by atoms with Crippen LogP contribution in [0.3, 0.4) is 0 Å². The number of amides is 1. The Labute approximate surface area is 169 Å². The summed E-state index contributed by atoms with van der Waals surface area (Å²) in [4.78, 5) is 18.5. The average Bonchev–Trinajstić information content (AvgIpc) is 3.31. The molecule has 0 spiro atoms. The van der Waals surface area contributed by atoms with Crippen LogP contribution in [0, 0.1) is 4.77 Å². The van der Waals surface area contributed by atoms with Gasteiger partial charge in [0.2, 0.25) is 0 Å². The maximum absolute atomic E-state index is 13.3. The van der Waals surface area contributed by atoms with Crippen LogP contribution in [-0.2, 0) is 6.54 Å². The Hall–Kier alpha value is -2.60. The SMILES string of the molecule is CCOc1ccc(C2CCCN2C(=O)c2ccc3c(c2)[nH]c(=S)n3CC)cc1. The third kappa shape index (κ3) is 3.33. The topological polar surface area (TPSA) is 50.3 Å². The van der Waals surface area contributed by atoms with Crippen LogP contribution in [0.4, 0.5) is 0 Å². The zero-order valence-corrected chi connectivity index (χ0v) is 17.1. The third-order valence-corrected chi connectivity index (χ3v) is 5.75. The molecule has 2 heterocycles. The van der Waals surface area contributed by atoms with Gasteiger partial charge < -0.3 is 19.2 Å². The number of aromatic nitrogens is 2. The number of nitrogens with one attached hydrogen (secondary N) is 1. The Morgan fingerprint density at radius 1 is 1.21 bits per heavy atom. The van der Waals surface area contributed by atoms with Gasteiger partial charge in [0.15, 0.2) is 4.77 Å². The molecule has 6 heteroatoms. The second-order valence-corrected chi connectivity index (χ2v) is 7.45. The maximum Gasteiger partial charge on any atom is 0.254 e. The van der Waals surface area contributed by atoms with Crippen molar-refractivity contribution in [2.24, 2.45) is 0 Å². The van der Waals surface area contributed by atoms with E-state index in [0.29, 0.717) is 16.9 Å². The number of benzene rings is 2. The zero-order chi connectivity index (χ0) is 19.7. The van der Waals surface area contributed by atoms with Crippen LogP contribution in [0.15, 0.2) is 42.5 Å². The molecule has 28 heavy (non-hydrogen) atoms. The fourth-order valence-corrected chi connectivity index (χ4v) is 4.42. The van der Waals surface area contributed by atoms with Crippen molar-refractivity contribution >= 4 is 29.2 Å². The fraction of sp³-hybridized carbons (Fsp3) is 0.364. The van der Waals surface area contributed by atoms with Gasteiger partial charge in [-0.2, -0.15) is 0 Å². The molecule has 1 aliphatic heterocycles. The number of fused-ring (bicyclic) bond motifs is 1.